The van der Waals surface area contributed by atoms with Crippen molar-refractivity contribution in [3.05, 3.63) is 58.9 Å². The third kappa shape index (κ3) is 3.24. The van der Waals surface area contributed by atoms with E-state index in [1.165, 1.54) is 0 Å². The Bertz CT molecular complexity index is 895. The van der Waals surface area contributed by atoms with Crippen molar-refractivity contribution in [3.63, 3.8) is 0 Å². The number of aliphatic imine (C=N–C) groups is 1. The number of nitrogens with zero attached hydrogens (tertiary/aromatic N) is 3. The molecule has 1 aromatic carbocycles. The second-order valence-corrected chi connectivity index (χ2v) is 6.01. The molecule has 0 bridgehead atoms. The van der Waals surface area contributed by atoms with E-state index in [0.29, 0.717) is 16.9 Å². The molecule has 1 amide bonds. The molecule has 0 aliphatic carbocycles. The van der Waals surface area contributed by atoms with Gasteiger partial charge in [0, 0.05) is 24.1 Å². The number of carbonyl (C=O) groups excluding carboxylic acids is 1. The highest BCUT2D eigenvalue weighted by Gasteiger charge is 2.29. The average molecular weight is 332 g/mol. The van der Waals surface area contributed by atoms with Crippen LogP contribution in [0.3, 0.4) is 0 Å². The van der Waals surface area contributed by atoms with E-state index in [4.69, 9.17) is 0 Å². The average Bonchev–Trinajstić information content (AvgIpc) is 3.17. The fourth-order valence-electron chi connectivity index (χ4n) is 3.07. The van der Waals surface area contributed by atoms with Crippen molar-refractivity contribution in [2.45, 2.75) is 33.2 Å². The van der Waals surface area contributed by atoms with Crippen molar-refractivity contribution in [2.75, 3.05) is 5.32 Å². The fraction of sp³-hybridized carbons (Fsp3) is 0.250. The number of aryl methyl sites for hydroxylation is 1. The highest BCUT2D eigenvalue weighted by atomic mass is 16.2. The molecule has 0 atom stereocenters. The SMILES string of the molecule is C/C=C/C=Nc1c(C#N)c2n(c1C(=O)Nc1ccc(C)cc1)CCC2. The first-order valence-electron chi connectivity index (χ1n) is 8.34. The van der Waals surface area contributed by atoms with Crippen LogP contribution in [0.1, 0.15) is 40.7 Å². The topological polar surface area (TPSA) is 70.2 Å². The zero-order chi connectivity index (χ0) is 17.8. The number of nitrogens with one attached hydrogen (secondary N) is 1. The van der Waals surface area contributed by atoms with Crippen molar-refractivity contribution in [2.24, 2.45) is 4.99 Å². The molecule has 5 heteroatoms. The number of rotatable bonds is 4. The van der Waals surface area contributed by atoms with Gasteiger partial charge in [0.1, 0.15) is 17.5 Å². The number of hydrogen-bond acceptors (Lipinski definition) is 3. The lowest BCUT2D eigenvalue weighted by Gasteiger charge is -2.09. The predicted octanol–water partition coefficient (Wildman–Crippen LogP) is 4.15. The molecule has 126 valence electrons. The minimum Gasteiger partial charge on any atom is -0.337 e. The number of hydrogen-bond donors (Lipinski definition) is 1. The minimum atomic E-state index is -0.235. The Labute approximate surface area is 147 Å². The van der Waals surface area contributed by atoms with Crippen LogP contribution in [0.5, 0.6) is 0 Å². The van der Waals surface area contributed by atoms with Crippen LogP contribution in [-0.4, -0.2) is 16.7 Å². The summed E-state index contributed by atoms with van der Waals surface area (Å²) in [5, 5.41) is 12.5. The summed E-state index contributed by atoms with van der Waals surface area (Å²) in [7, 11) is 0. The molecule has 1 aromatic heterocycles. The molecule has 0 radical (unpaired) electrons. The Balaban J connectivity index is 2.03. The van der Waals surface area contributed by atoms with Crippen molar-refractivity contribution in [1.29, 1.82) is 5.26 Å². The van der Waals surface area contributed by atoms with Crippen molar-refractivity contribution >= 4 is 23.5 Å². The second kappa shape index (κ2) is 7.18. The van der Waals surface area contributed by atoms with Crippen molar-refractivity contribution in [3.8, 4) is 6.07 Å². The zero-order valence-corrected chi connectivity index (χ0v) is 14.4. The Morgan fingerprint density at radius 1 is 1.36 bits per heavy atom. The van der Waals surface area contributed by atoms with Crippen LogP contribution < -0.4 is 5.32 Å². The normalized spacial score (nSPS) is 13.3. The summed E-state index contributed by atoms with van der Waals surface area (Å²) in [6.07, 6.45) is 6.99. The molecule has 25 heavy (non-hydrogen) atoms. The van der Waals surface area contributed by atoms with E-state index >= 15 is 0 Å². The lowest BCUT2D eigenvalue weighted by atomic mass is 10.1. The molecule has 3 rings (SSSR count). The first kappa shape index (κ1) is 16.7. The third-order valence-corrected chi connectivity index (χ3v) is 4.26. The fourth-order valence-corrected chi connectivity index (χ4v) is 3.07. The third-order valence-electron chi connectivity index (χ3n) is 4.26. The van der Waals surface area contributed by atoms with Crippen LogP contribution in [0.25, 0.3) is 0 Å². The van der Waals surface area contributed by atoms with Crippen LogP contribution in [0.4, 0.5) is 11.4 Å². The molecule has 5 nitrogen and oxygen atoms in total. The highest BCUT2D eigenvalue weighted by Crippen LogP contribution is 2.35. The number of benzene rings is 1. The minimum absolute atomic E-state index is 0.235. The molecular formula is C20H20N4O. The lowest BCUT2D eigenvalue weighted by molar-refractivity contribution is 0.101. The van der Waals surface area contributed by atoms with Gasteiger partial charge in [0.05, 0.1) is 5.56 Å². The van der Waals surface area contributed by atoms with Crippen molar-refractivity contribution < 1.29 is 4.79 Å². The van der Waals surface area contributed by atoms with Gasteiger partial charge in [0.25, 0.3) is 5.91 Å². The first-order valence-corrected chi connectivity index (χ1v) is 8.34. The van der Waals surface area contributed by atoms with Crippen molar-refractivity contribution in [1.82, 2.24) is 4.57 Å². The van der Waals surface area contributed by atoms with Gasteiger partial charge in [-0.2, -0.15) is 5.26 Å². The smallest absolute Gasteiger partial charge is 0.274 e. The van der Waals surface area contributed by atoms with Gasteiger partial charge < -0.3 is 9.88 Å². The molecule has 1 aliphatic heterocycles. The molecule has 0 saturated carbocycles. The second-order valence-electron chi connectivity index (χ2n) is 6.01. The predicted molar refractivity (Wildman–Crippen MR) is 99.6 cm³/mol. The Kier molecular flexibility index (Phi) is 4.80. The van der Waals surface area contributed by atoms with Crippen LogP contribution >= 0.6 is 0 Å². The van der Waals surface area contributed by atoms with Crippen LogP contribution in [-0.2, 0) is 13.0 Å². The molecule has 2 heterocycles. The van der Waals surface area contributed by atoms with Gasteiger partial charge in [0.2, 0.25) is 0 Å². The van der Waals surface area contributed by atoms with E-state index in [0.717, 1.165) is 36.3 Å². The van der Waals surface area contributed by atoms with Gasteiger partial charge in [-0.1, -0.05) is 23.8 Å². The van der Waals surface area contributed by atoms with Gasteiger partial charge in [0.15, 0.2) is 0 Å². The molecule has 0 unspecified atom stereocenters. The van der Waals surface area contributed by atoms with Gasteiger partial charge >= 0.3 is 0 Å². The monoisotopic (exact) mass is 332 g/mol. The van der Waals surface area contributed by atoms with Gasteiger partial charge in [-0.3, -0.25) is 9.79 Å². The quantitative estimate of drug-likeness (QED) is 0.855. The Morgan fingerprint density at radius 2 is 2.12 bits per heavy atom. The molecule has 0 saturated heterocycles. The summed E-state index contributed by atoms with van der Waals surface area (Å²) in [5.74, 6) is -0.235. The van der Waals surface area contributed by atoms with Crippen LogP contribution in [0.2, 0.25) is 0 Å². The number of allylic oxidation sites excluding steroid dienone is 2. The maximum Gasteiger partial charge on any atom is 0.274 e. The Hall–Kier alpha value is -3.13. The molecule has 2 aromatic rings. The van der Waals surface area contributed by atoms with Crippen LogP contribution in [0.15, 0.2) is 41.4 Å². The van der Waals surface area contributed by atoms with E-state index in [-0.39, 0.29) is 5.91 Å². The summed E-state index contributed by atoms with van der Waals surface area (Å²) < 4.78 is 1.93. The summed E-state index contributed by atoms with van der Waals surface area (Å²) >= 11 is 0. The molecule has 1 aliphatic rings. The number of carbonyl (C=O) groups is 1. The maximum atomic E-state index is 12.9. The summed E-state index contributed by atoms with van der Waals surface area (Å²) in [6, 6.07) is 9.87. The van der Waals surface area contributed by atoms with E-state index in [1.54, 1.807) is 12.3 Å². The first-order chi connectivity index (χ1) is 12.2. The van der Waals surface area contributed by atoms with Gasteiger partial charge in [-0.05, 0) is 44.9 Å². The van der Waals surface area contributed by atoms with E-state index in [2.05, 4.69) is 16.4 Å². The molecular weight excluding hydrogens is 312 g/mol. The summed E-state index contributed by atoms with van der Waals surface area (Å²) in [6.45, 7) is 4.63. The number of fused-ring (bicyclic) bond motifs is 1. The molecule has 0 fully saturated rings. The van der Waals surface area contributed by atoms with Crippen LogP contribution in [0, 0.1) is 18.3 Å². The number of anilines is 1. The van der Waals surface area contributed by atoms with E-state index < -0.39 is 0 Å². The standard InChI is InChI=1S/C20H20N4O/c1-3-4-11-22-18-16(13-21)17-6-5-12-24(17)19(18)20(25)23-15-9-7-14(2)8-10-15/h3-4,7-11H,5-6,12H2,1-2H3,(H,23,25)/b4-3+,22-11?. The Morgan fingerprint density at radius 3 is 2.80 bits per heavy atom. The van der Waals surface area contributed by atoms with E-state index in [9.17, 15) is 10.1 Å². The lowest BCUT2D eigenvalue weighted by Crippen LogP contribution is -2.16. The highest BCUT2D eigenvalue weighted by molar-refractivity contribution is 6.08. The summed E-state index contributed by atoms with van der Waals surface area (Å²) in [5.41, 5.74) is 4.19. The van der Waals surface area contributed by atoms with Gasteiger partial charge in [-0.15, -0.1) is 0 Å². The number of aromatic nitrogens is 1. The van der Waals surface area contributed by atoms with Gasteiger partial charge in [-0.25, -0.2) is 0 Å². The molecule has 0 spiro atoms. The van der Waals surface area contributed by atoms with E-state index in [1.807, 2.05) is 48.8 Å². The molecule has 1 N–H and O–H groups in total. The largest absolute Gasteiger partial charge is 0.337 e. The maximum absolute atomic E-state index is 12.9. The number of amides is 1. The zero-order valence-electron chi connectivity index (χ0n) is 14.4. The summed E-state index contributed by atoms with van der Waals surface area (Å²) in [4.78, 5) is 17.3. The number of nitriles is 1.